The Morgan fingerprint density at radius 2 is 2.12 bits per heavy atom. The molecule has 4 heteroatoms. The van der Waals surface area contributed by atoms with E-state index < -0.39 is 12.0 Å². The lowest BCUT2D eigenvalue weighted by molar-refractivity contribution is -0.0512. The first kappa shape index (κ1) is 11.8. The molecule has 0 spiro atoms. The van der Waals surface area contributed by atoms with Gasteiger partial charge in [0, 0.05) is 10.6 Å². The van der Waals surface area contributed by atoms with Crippen LogP contribution in [0.25, 0.3) is 0 Å². The van der Waals surface area contributed by atoms with Gasteiger partial charge in [-0.1, -0.05) is 30.2 Å². The summed E-state index contributed by atoms with van der Waals surface area (Å²) >= 11 is 5.74. The zero-order chi connectivity index (χ0) is 11.6. The Morgan fingerprint density at radius 1 is 1.31 bits per heavy atom. The van der Waals surface area contributed by atoms with Gasteiger partial charge in [0.1, 0.15) is 0 Å². The molecular weight excluding hydrogens is 232 g/mol. The lowest BCUT2D eigenvalue weighted by Gasteiger charge is -2.31. The Labute approximate surface area is 98.8 Å². The molecule has 88 valence electrons. The number of nitrogens with one attached hydrogen (secondary N) is 1. The van der Waals surface area contributed by atoms with E-state index in [-0.39, 0.29) is 5.56 Å². The highest BCUT2D eigenvalue weighted by Gasteiger charge is 2.41. The van der Waals surface area contributed by atoms with Crippen LogP contribution in [0.5, 0.6) is 0 Å². The first-order chi connectivity index (χ1) is 7.60. The first-order valence-electron chi connectivity index (χ1n) is 5.48. The van der Waals surface area contributed by atoms with E-state index in [1.807, 2.05) is 0 Å². The van der Waals surface area contributed by atoms with Gasteiger partial charge in [-0.3, -0.25) is 0 Å². The molecule has 1 heterocycles. The molecule has 0 amide bonds. The van der Waals surface area contributed by atoms with Gasteiger partial charge >= 0.3 is 0 Å². The van der Waals surface area contributed by atoms with Crippen molar-refractivity contribution in [2.75, 3.05) is 6.54 Å². The van der Waals surface area contributed by atoms with Crippen molar-refractivity contribution >= 4 is 11.6 Å². The molecule has 1 N–H and O–H groups in total. The Morgan fingerprint density at radius 3 is 2.75 bits per heavy atom. The molecule has 1 nitrogen and oxygen atoms in total. The average Bonchev–Trinajstić information content (AvgIpc) is 2.30. The van der Waals surface area contributed by atoms with Crippen molar-refractivity contribution in [2.24, 2.45) is 0 Å². The van der Waals surface area contributed by atoms with Crippen molar-refractivity contribution in [3.63, 3.8) is 0 Å². The summed E-state index contributed by atoms with van der Waals surface area (Å²) in [6, 6.07) is 5.18. The zero-order valence-corrected chi connectivity index (χ0v) is 9.61. The summed E-state index contributed by atoms with van der Waals surface area (Å²) in [6.45, 7) is 0.667. The number of hydrogen-bond acceptors (Lipinski definition) is 1. The predicted molar refractivity (Wildman–Crippen MR) is 61.0 cm³/mol. The molecule has 2 rings (SSSR count). The highest BCUT2D eigenvalue weighted by Crippen LogP contribution is 2.36. The molecule has 0 aliphatic carbocycles. The van der Waals surface area contributed by atoms with Gasteiger partial charge in [0.05, 0.1) is 6.04 Å². The van der Waals surface area contributed by atoms with Crippen LogP contribution < -0.4 is 5.32 Å². The van der Waals surface area contributed by atoms with E-state index in [2.05, 4.69) is 5.32 Å². The smallest absolute Gasteiger partial charge is 0.288 e. The maximum absolute atomic E-state index is 14.1. The second-order valence-corrected chi connectivity index (χ2v) is 4.57. The van der Waals surface area contributed by atoms with E-state index >= 15 is 0 Å². The van der Waals surface area contributed by atoms with Gasteiger partial charge in [-0.15, -0.1) is 0 Å². The molecule has 1 atom stereocenters. The minimum absolute atomic E-state index is 0.000556. The molecular formula is C12H14ClF2N. The molecule has 0 saturated carbocycles. The second kappa shape index (κ2) is 4.68. The second-order valence-electron chi connectivity index (χ2n) is 4.14. The topological polar surface area (TPSA) is 12.0 Å². The number of piperidine rings is 1. The van der Waals surface area contributed by atoms with Gasteiger partial charge in [-0.05, 0) is 31.5 Å². The summed E-state index contributed by atoms with van der Waals surface area (Å²) in [5, 5.41) is 3.24. The molecule has 16 heavy (non-hydrogen) atoms. The van der Waals surface area contributed by atoms with Gasteiger partial charge in [0.2, 0.25) is 0 Å². The van der Waals surface area contributed by atoms with Crippen LogP contribution in [0.2, 0.25) is 5.02 Å². The van der Waals surface area contributed by atoms with Crippen molar-refractivity contribution in [1.29, 1.82) is 0 Å². The van der Waals surface area contributed by atoms with Crippen LogP contribution >= 0.6 is 11.6 Å². The SMILES string of the molecule is FC(F)(c1cccc(Cl)c1)C1CCCCN1. The van der Waals surface area contributed by atoms with E-state index in [0.717, 1.165) is 12.8 Å². The lowest BCUT2D eigenvalue weighted by Crippen LogP contribution is -2.45. The van der Waals surface area contributed by atoms with Crippen molar-refractivity contribution in [1.82, 2.24) is 5.32 Å². The van der Waals surface area contributed by atoms with Gasteiger partial charge in [0.25, 0.3) is 5.92 Å². The normalized spacial score (nSPS) is 22.1. The average molecular weight is 246 g/mol. The van der Waals surface area contributed by atoms with E-state index in [4.69, 9.17) is 11.6 Å². The highest BCUT2D eigenvalue weighted by molar-refractivity contribution is 6.30. The summed E-state index contributed by atoms with van der Waals surface area (Å²) in [5.74, 6) is -2.84. The third kappa shape index (κ3) is 2.36. The first-order valence-corrected chi connectivity index (χ1v) is 5.86. The van der Waals surface area contributed by atoms with Crippen LogP contribution in [0.15, 0.2) is 24.3 Å². The molecule has 1 aliphatic rings. The zero-order valence-electron chi connectivity index (χ0n) is 8.85. The Bertz CT molecular complexity index is 362. The molecule has 1 aromatic carbocycles. The van der Waals surface area contributed by atoms with E-state index in [9.17, 15) is 8.78 Å². The van der Waals surface area contributed by atoms with E-state index in [1.165, 1.54) is 12.1 Å². The fourth-order valence-corrected chi connectivity index (χ4v) is 2.25. The number of rotatable bonds is 2. The number of alkyl halides is 2. The number of hydrogen-bond donors (Lipinski definition) is 1. The van der Waals surface area contributed by atoms with Crippen LogP contribution in [0, 0.1) is 0 Å². The third-order valence-electron chi connectivity index (χ3n) is 2.96. The Kier molecular flexibility index (Phi) is 3.45. The van der Waals surface area contributed by atoms with Crippen LogP contribution in [-0.2, 0) is 5.92 Å². The highest BCUT2D eigenvalue weighted by atomic mass is 35.5. The van der Waals surface area contributed by atoms with Gasteiger partial charge in [0.15, 0.2) is 0 Å². The standard InChI is InChI=1S/C12H14ClF2N/c13-10-5-3-4-9(8-10)12(14,15)11-6-1-2-7-16-11/h3-5,8,11,16H,1-2,6-7H2. The fourth-order valence-electron chi connectivity index (χ4n) is 2.06. The summed E-state index contributed by atoms with van der Waals surface area (Å²) in [4.78, 5) is 0. The predicted octanol–water partition coefficient (Wildman–Crippen LogP) is 3.57. The molecule has 0 bridgehead atoms. The molecule has 1 unspecified atom stereocenters. The van der Waals surface area contributed by atoms with E-state index in [0.29, 0.717) is 18.0 Å². The molecule has 0 radical (unpaired) electrons. The van der Waals surface area contributed by atoms with E-state index in [1.54, 1.807) is 12.1 Å². The van der Waals surface area contributed by atoms with Crippen molar-refractivity contribution < 1.29 is 8.78 Å². The van der Waals surface area contributed by atoms with Crippen LogP contribution in [0.4, 0.5) is 8.78 Å². The monoisotopic (exact) mass is 245 g/mol. The quantitative estimate of drug-likeness (QED) is 0.840. The number of halogens is 3. The summed E-state index contributed by atoms with van der Waals surface area (Å²) in [5.41, 5.74) is -0.000556. The Hall–Kier alpha value is -0.670. The minimum Gasteiger partial charge on any atom is -0.308 e. The molecule has 1 aromatic rings. The molecule has 0 aromatic heterocycles. The summed E-state index contributed by atoms with van der Waals surface area (Å²) in [7, 11) is 0. The van der Waals surface area contributed by atoms with Gasteiger partial charge < -0.3 is 5.32 Å². The number of benzene rings is 1. The van der Waals surface area contributed by atoms with Crippen LogP contribution in [-0.4, -0.2) is 12.6 Å². The van der Waals surface area contributed by atoms with Crippen molar-refractivity contribution in [3.8, 4) is 0 Å². The molecule has 1 saturated heterocycles. The van der Waals surface area contributed by atoms with Crippen LogP contribution in [0.1, 0.15) is 24.8 Å². The van der Waals surface area contributed by atoms with Gasteiger partial charge in [-0.2, -0.15) is 8.78 Å². The summed E-state index contributed by atoms with van der Waals surface area (Å²) in [6.07, 6.45) is 2.34. The van der Waals surface area contributed by atoms with Crippen LogP contribution in [0.3, 0.4) is 0 Å². The third-order valence-corrected chi connectivity index (χ3v) is 3.19. The molecule has 1 fully saturated rings. The fraction of sp³-hybridized carbons (Fsp3) is 0.500. The summed E-state index contributed by atoms with van der Waals surface area (Å²) < 4.78 is 28.2. The lowest BCUT2D eigenvalue weighted by atomic mass is 9.94. The Balaban J connectivity index is 2.22. The maximum atomic E-state index is 14.1. The van der Waals surface area contributed by atoms with Crippen molar-refractivity contribution in [3.05, 3.63) is 34.9 Å². The molecule has 1 aliphatic heterocycles. The largest absolute Gasteiger partial charge is 0.308 e. The minimum atomic E-state index is -2.84. The maximum Gasteiger partial charge on any atom is 0.288 e. The van der Waals surface area contributed by atoms with Crippen molar-refractivity contribution in [2.45, 2.75) is 31.2 Å². The van der Waals surface area contributed by atoms with Gasteiger partial charge in [-0.25, -0.2) is 0 Å².